The molecule has 0 aliphatic heterocycles. The lowest BCUT2D eigenvalue weighted by Crippen LogP contribution is -2.19. The number of amides is 1. The Morgan fingerprint density at radius 1 is 0.864 bits per heavy atom. The maximum atomic E-state index is 13.4. The minimum absolute atomic E-state index is 0.155. The lowest BCUT2D eigenvalue weighted by Gasteiger charge is -2.12. The Labute approximate surface area is 277 Å². The number of ether oxygens (including phenoxy) is 3. The summed E-state index contributed by atoms with van der Waals surface area (Å²) in [6.07, 6.45) is 1.38. The van der Waals surface area contributed by atoms with Crippen LogP contribution in [0.25, 0.3) is 22.0 Å². The molecule has 0 bridgehead atoms. The van der Waals surface area contributed by atoms with Crippen molar-refractivity contribution in [3.63, 3.8) is 0 Å². The van der Waals surface area contributed by atoms with Crippen LogP contribution in [-0.2, 0) is 4.79 Å². The molecule has 0 fully saturated rings. The summed E-state index contributed by atoms with van der Waals surface area (Å²) < 4.78 is 18.1. The molecule has 0 aliphatic rings. The topological polar surface area (TPSA) is 119 Å². The molecule has 5 rings (SSSR count). The average molecular weight is 784 g/mol. The van der Waals surface area contributed by atoms with Gasteiger partial charge in [0.15, 0.2) is 17.2 Å². The van der Waals surface area contributed by atoms with Crippen molar-refractivity contribution in [1.29, 1.82) is 0 Å². The first-order chi connectivity index (χ1) is 21.1. The number of carbonyl (C=O) groups is 3. The zero-order valence-electron chi connectivity index (χ0n) is 23.1. The highest BCUT2D eigenvalue weighted by molar-refractivity contribution is 9.11. The number of aromatic nitrogens is 1. The Morgan fingerprint density at radius 3 is 2.36 bits per heavy atom. The summed E-state index contributed by atoms with van der Waals surface area (Å²) in [5, 5.41) is 5.05. The van der Waals surface area contributed by atoms with Crippen molar-refractivity contribution < 1.29 is 28.6 Å². The molecule has 222 valence electrons. The van der Waals surface area contributed by atoms with Gasteiger partial charge in [0.1, 0.15) is 5.69 Å². The zero-order chi connectivity index (χ0) is 31.4. The monoisotopic (exact) mass is 781 g/mol. The lowest BCUT2D eigenvalue weighted by atomic mass is 10.0. The third kappa shape index (κ3) is 6.93. The molecule has 2 N–H and O–H groups in total. The molecule has 0 unspecified atom stereocenters. The fourth-order valence-corrected chi connectivity index (χ4v) is 6.12. The molecule has 5 aromatic rings. The van der Waals surface area contributed by atoms with E-state index in [0.717, 1.165) is 26.5 Å². The number of nitrogens with one attached hydrogen (secondary N) is 2. The standard InChI is InChI=1S/C32H22Br3N3O6/c1-17(39)43-26-11-8-19(13-27(26)42-2)32(41)44-30-20(12-22(34)15-24(30)35)16-36-38-31(40)29-28(18-6-4-3-5-7-18)23-14-21(33)9-10-25(23)37-29/h3-16,37H,1-2H3,(H,38,40). The van der Waals surface area contributed by atoms with Gasteiger partial charge in [-0.1, -0.05) is 62.2 Å². The molecule has 0 saturated heterocycles. The summed E-state index contributed by atoms with van der Waals surface area (Å²) in [6, 6.07) is 23.0. The maximum Gasteiger partial charge on any atom is 0.343 e. The maximum absolute atomic E-state index is 13.4. The van der Waals surface area contributed by atoms with Crippen LogP contribution in [0.15, 0.2) is 97.4 Å². The lowest BCUT2D eigenvalue weighted by molar-refractivity contribution is -0.132. The molecule has 0 saturated carbocycles. The summed E-state index contributed by atoms with van der Waals surface area (Å²) in [7, 11) is 1.39. The first kappa shape index (κ1) is 31.2. The summed E-state index contributed by atoms with van der Waals surface area (Å²) in [6.45, 7) is 1.26. The Morgan fingerprint density at radius 2 is 1.64 bits per heavy atom. The minimum atomic E-state index is -0.698. The Hall–Kier alpha value is -4.26. The number of H-pyrrole nitrogens is 1. The Bertz CT molecular complexity index is 1940. The van der Waals surface area contributed by atoms with E-state index in [0.29, 0.717) is 20.2 Å². The van der Waals surface area contributed by atoms with Gasteiger partial charge < -0.3 is 19.2 Å². The number of aromatic amines is 1. The molecule has 1 amide bonds. The van der Waals surface area contributed by atoms with Crippen LogP contribution in [0.1, 0.15) is 33.3 Å². The number of esters is 2. The van der Waals surface area contributed by atoms with Gasteiger partial charge in [-0.3, -0.25) is 9.59 Å². The number of rotatable bonds is 8. The van der Waals surface area contributed by atoms with Gasteiger partial charge >= 0.3 is 11.9 Å². The summed E-state index contributed by atoms with van der Waals surface area (Å²) in [4.78, 5) is 41.1. The molecule has 4 aromatic carbocycles. The van der Waals surface area contributed by atoms with E-state index in [-0.39, 0.29) is 22.8 Å². The number of hydrazone groups is 1. The molecule has 44 heavy (non-hydrogen) atoms. The number of hydrogen-bond donors (Lipinski definition) is 2. The first-order valence-electron chi connectivity index (χ1n) is 12.9. The molecule has 0 atom stereocenters. The number of methoxy groups -OCH3 is 1. The van der Waals surface area contributed by atoms with Crippen LogP contribution in [0.4, 0.5) is 0 Å². The molecule has 0 radical (unpaired) electrons. The summed E-state index contributed by atoms with van der Waals surface area (Å²) in [5.74, 6) is -1.16. The van der Waals surface area contributed by atoms with Crippen molar-refractivity contribution in [2.24, 2.45) is 5.10 Å². The molecule has 0 aliphatic carbocycles. The second-order valence-electron chi connectivity index (χ2n) is 9.28. The SMILES string of the molecule is COc1cc(C(=O)Oc2c(Br)cc(Br)cc2C=NNC(=O)c2[nH]c3ccc(Br)cc3c2-c2ccccc2)ccc1OC(C)=O. The smallest absolute Gasteiger partial charge is 0.343 e. The molecule has 1 heterocycles. The third-order valence-electron chi connectivity index (χ3n) is 6.30. The van der Waals surface area contributed by atoms with E-state index in [2.05, 4.69) is 63.3 Å². The molecule has 1 aromatic heterocycles. The van der Waals surface area contributed by atoms with E-state index in [9.17, 15) is 14.4 Å². The average Bonchev–Trinajstić information content (AvgIpc) is 3.37. The van der Waals surface area contributed by atoms with Gasteiger partial charge in [-0.05, 0) is 70.0 Å². The van der Waals surface area contributed by atoms with Crippen LogP contribution in [0, 0.1) is 0 Å². The first-order valence-corrected chi connectivity index (χ1v) is 15.3. The second-order valence-corrected chi connectivity index (χ2v) is 12.0. The van der Waals surface area contributed by atoms with Gasteiger partial charge in [0.2, 0.25) is 0 Å². The van der Waals surface area contributed by atoms with E-state index in [1.54, 1.807) is 12.1 Å². The van der Waals surface area contributed by atoms with Crippen LogP contribution in [0.5, 0.6) is 17.2 Å². The second kappa shape index (κ2) is 13.6. The predicted molar refractivity (Wildman–Crippen MR) is 178 cm³/mol. The van der Waals surface area contributed by atoms with Crippen LogP contribution in [-0.4, -0.2) is 36.2 Å². The van der Waals surface area contributed by atoms with E-state index in [4.69, 9.17) is 14.2 Å². The third-order valence-corrected chi connectivity index (χ3v) is 7.84. The van der Waals surface area contributed by atoms with Crippen molar-refractivity contribution in [1.82, 2.24) is 10.4 Å². The highest BCUT2D eigenvalue weighted by Crippen LogP contribution is 2.35. The Balaban J connectivity index is 1.41. The molecular weight excluding hydrogens is 762 g/mol. The number of benzene rings is 4. The van der Waals surface area contributed by atoms with Gasteiger partial charge in [0, 0.05) is 37.9 Å². The Kier molecular flexibility index (Phi) is 9.62. The largest absolute Gasteiger partial charge is 0.493 e. The van der Waals surface area contributed by atoms with Crippen molar-refractivity contribution >= 4 is 82.8 Å². The number of nitrogens with zero attached hydrogens (tertiary/aromatic N) is 1. The van der Waals surface area contributed by atoms with Crippen molar-refractivity contribution in [3.8, 4) is 28.4 Å². The molecule has 9 nitrogen and oxygen atoms in total. The number of hydrogen-bond acceptors (Lipinski definition) is 7. The van der Waals surface area contributed by atoms with E-state index in [1.165, 1.54) is 38.4 Å². The molecular formula is C32H22Br3N3O6. The van der Waals surface area contributed by atoms with Gasteiger partial charge in [0.25, 0.3) is 5.91 Å². The predicted octanol–water partition coefficient (Wildman–Crippen LogP) is 8.04. The van der Waals surface area contributed by atoms with E-state index >= 15 is 0 Å². The highest BCUT2D eigenvalue weighted by Gasteiger charge is 2.21. The van der Waals surface area contributed by atoms with Gasteiger partial charge in [0.05, 0.1) is 23.4 Å². The van der Waals surface area contributed by atoms with Gasteiger partial charge in [-0.25, -0.2) is 10.2 Å². The quantitative estimate of drug-likeness (QED) is 0.0712. The minimum Gasteiger partial charge on any atom is -0.493 e. The molecule has 12 heteroatoms. The highest BCUT2D eigenvalue weighted by atomic mass is 79.9. The van der Waals surface area contributed by atoms with Crippen molar-refractivity contribution in [3.05, 3.63) is 109 Å². The zero-order valence-corrected chi connectivity index (χ0v) is 27.9. The normalized spacial score (nSPS) is 11.0. The fourth-order valence-electron chi connectivity index (χ4n) is 4.42. The number of fused-ring (bicyclic) bond motifs is 1. The summed E-state index contributed by atoms with van der Waals surface area (Å²) >= 11 is 10.4. The van der Waals surface area contributed by atoms with Gasteiger partial charge in [-0.2, -0.15) is 5.10 Å². The van der Waals surface area contributed by atoms with Crippen LogP contribution in [0.2, 0.25) is 0 Å². The van der Waals surface area contributed by atoms with Crippen LogP contribution in [0.3, 0.4) is 0 Å². The van der Waals surface area contributed by atoms with Gasteiger partial charge in [-0.15, -0.1) is 0 Å². The van der Waals surface area contributed by atoms with Crippen molar-refractivity contribution in [2.45, 2.75) is 6.92 Å². The number of halogens is 3. The van der Waals surface area contributed by atoms with E-state index in [1.807, 2.05) is 48.5 Å². The summed E-state index contributed by atoms with van der Waals surface area (Å²) in [5.41, 5.74) is 5.88. The van der Waals surface area contributed by atoms with Crippen LogP contribution >= 0.6 is 47.8 Å². The van der Waals surface area contributed by atoms with Crippen LogP contribution < -0.4 is 19.6 Å². The molecule has 0 spiro atoms. The van der Waals surface area contributed by atoms with Crippen molar-refractivity contribution in [2.75, 3.05) is 7.11 Å². The fraction of sp³-hybridized carbons (Fsp3) is 0.0625. The number of carbonyl (C=O) groups excluding carboxylic acids is 3. The van der Waals surface area contributed by atoms with E-state index < -0.39 is 17.8 Å².